The van der Waals surface area contributed by atoms with Crippen LogP contribution < -0.4 is 16.4 Å². The summed E-state index contributed by atoms with van der Waals surface area (Å²) in [5.41, 5.74) is 9.56. The van der Waals surface area contributed by atoms with Crippen LogP contribution in [-0.4, -0.2) is 51.2 Å². The van der Waals surface area contributed by atoms with Crippen LogP contribution in [0.1, 0.15) is 35.8 Å². The van der Waals surface area contributed by atoms with E-state index in [0.29, 0.717) is 24.3 Å². The smallest absolute Gasteiger partial charge is 0.317 e. The highest BCUT2D eigenvalue weighted by molar-refractivity contribution is 6.07. The van der Waals surface area contributed by atoms with Gasteiger partial charge in [-0.3, -0.25) is 9.48 Å². The van der Waals surface area contributed by atoms with Gasteiger partial charge >= 0.3 is 6.03 Å². The molecule has 4 heterocycles. The zero-order valence-electron chi connectivity index (χ0n) is 18.5. The summed E-state index contributed by atoms with van der Waals surface area (Å²) in [4.78, 5) is 31.3. The normalized spacial score (nSPS) is 19.0. The Labute approximate surface area is 192 Å². The molecule has 0 radical (unpaired) electrons. The van der Waals surface area contributed by atoms with Gasteiger partial charge in [0.2, 0.25) is 0 Å². The molecule has 0 unspecified atom stereocenters. The molecule has 0 bridgehead atoms. The third-order valence-corrected chi connectivity index (χ3v) is 6.59. The van der Waals surface area contributed by atoms with E-state index >= 15 is 0 Å². The molecule has 4 N–H and O–H groups in total. The van der Waals surface area contributed by atoms with Crippen molar-refractivity contribution in [3.63, 3.8) is 0 Å². The number of para-hydroxylation sites is 1. The Morgan fingerprint density at radius 3 is 2.73 bits per heavy atom. The second-order valence-electron chi connectivity index (χ2n) is 8.65. The molecule has 170 valence electrons. The molecule has 0 saturated carbocycles. The number of nitrogens with one attached hydrogen (secondary N) is 2. The van der Waals surface area contributed by atoms with Crippen LogP contribution in [0.3, 0.4) is 0 Å². The molecule has 1 aromatic carbocycles. The van der Waals surface area contributed by atoms with Crippen molar-refractivity contribution in [1.29, 1.82) is 0 Å². The van der Waals surface area contributed by atoms with Crippen LogP contribution in [0.5, 0.6) is 0 Å². The predicted molar refractivity (Wildman–Crippen MR) is 126 cm³/mol. The van der Waals surface area contributed by atoms with E-state index in [1.807, 2.05) is 46.8 Å². The topological polar surface area (TPSA) is 118 Å². The summed E-state index contributed by atoms with van der Waals surface area (Å²) in [6.45, 7) is 4.78. The Kier molecular flexibility index (Phi) is 5.24. The number of aryl methyl sites for hydroxylation is 1. The van der Waals surface area contributed by atoms with E-state index in [1.54, 1.807) is 12.3 Å². The van der Waals surface area contributed by atoms with E-state index in [-0.39, 0.29) is 23.2 Å². The number of anilines is 2. The lowest BCUT2D eigenvalue weighted by Crippen LogP contribution is -2.40. The Balaban J connectivity index is 1.40. The van der Waals surface area contributed by atoms with Gasteiger partial charge in [0.05, 0.1) is 11.3 Å². The van der Waals surface area contributed by atoms with Crippen molar-refractivity contribution in [3.05, 3.63) is 59.9 Å². The molecule has 5 rings (SSSR count). The third-order valence-electron chi connectivity index (χ3n) is 6.59. The van der Waals surface area contributed by atoms with Crippen LogP contribution >= 0.6 is 0 Å². The molecule has 1 spiro atoms. The summed E-state index contributed by atoms with van der Waals surface area (Å²) >= 11 is 0. The molecule has 3 aromatic rings. The highest BCUT2D eigenvalue weighted by Gasteiger charge is 2.46. The molecule has 1 saturated heterocycles. The van der Waals surface area contributed by atoms with Gasteiger partial charge in [0.25, 0.3) is 5.91 Å². The highest BCUT2D eigenvalue weighted by atomic mass is 16.2. The molecule has 1 atom stereocenters. The van der Waals surface area contributed by atoms with Crippen molar-refractivity contribution in [3.8, 4) is 11.3 Å². The number of likely N-dealkylation sites (tertiary alicyclic amines) is 1. The van der Waals surface area contributed by atoms with Crippen molar-refractivity contribution < 1.29 is 9.59 Å². The van der Waals surface area contributed by atoms with Crippen LogP contribution in [0.25, 0.3) is 11.3 Å². The molecule has 9 heteroatoms. The minimum atomic E-state index is -0.315. The summed E-state index contributed by atoms with van der Waals surface area (Å²) < 4.78 is 2.02. The number of aromatic nitrogens is 3. The van der Waals surface area contributed by atoms with Crippen molar-refractivity contribution in [1.82, 2.24) is 25.0 Å². The Hall–Kier alpha value is -3.88. The van der Waals surface area contributed by atoms with Gasteiger partial charge in [-0.1, -0.05) is 18.2 Å². The van der Waals surface area contributed by atoms with Crippen LogP contribution in [0.15, 0.2) is 48.7 Å². The Morgan fingerprint density at radius 2 is 1.94 bits per heavy atom. The second-order valence-corrected chi connectivity index (χ2v) is 8.65. The first-order chi connectivity index (χ1) is 16.0. The molecule has 33 heavy (non-hydrogen) atoms. The van der Waals surface area contributed by atoms with Crippen molar-refractivity contribution >= 4 is 23.4 Å². The van der Waals surface area contributed by atoms with Gasteiger partial charge in [0.15, 0.2) is 0 Å². The van der Waals surface area contributed by atoms with E-state index in [9.17, 15) is 9.59 Å². The molecule has 9 nitrogen and oxygen atoms in total. The summed E-state index contributed by atoms with van der Waals surface area (Å²) in [7, 11) is 0. The predicted octanol–water partition coefficient (Wildman–Crippen LogP) is 2.86. The Morgan fingerprint density at radius 1 is 1.15 bits per heavy atom. The van der Waals surface area contributed by atoms with E-state index in [1.165, 1.54) is 0 Å². The number of nitrogens with zero attached hydrogens (tertiary/aromatic N) is 4. The molecule has 0 aliphatic carbocycles. The summed E-state index contributed by atoms with van der Waals surface area (Å²) in [6, 6.07) is 13.0. The van der Waals surface area contributed by atoms with Crippen LogP contribution in [-0.2, 0) is 12.0 Å². The number of benzene rings is 1. The number of rotatable bonds is 4. The number of carbonyl (C=O) groups excluding carboxylic acids is 2. The number of fused-ring (bicyclic) bond motifs is 2. The van der Waals surface area contributed by atoms with Gasteiger partial charge < -0.3 is 21.3 Å². The number of urea groups is 1. The zero-order valence-corrected chi connectivity index (χ0v) is 18.5. The lowest BCUT2D eigenvalue weighted by Gasteiger charge is -2.23. The van der Waals surface area contributed by atoms with Gasteiger partial charge in [-0.25, -0.2) is 9.78 Å². The zero-order chi connectivity index (χ0) is 23.0. The Bertz CT molecular complexity index is 1210. The second kappa shape index (κ2) is 8.23. The van der Waals surface area contributed by atoms with Crippen LogP contribution in [0, 0.1) is 0 Å². The van der Waals surface area contributed by atoms with Gasteiger partial charge in [0, 0.05) is 54.7 Å². The SMILES string of the molecule is CCNC(=O)N1CC[C@@]2(CCn3nc(-c4cnc(N)c(C(=O)Nc5ccccc5)c4)cc32)C1. The first-order valence-corrected chi connectivity index (χ1v) is 11.2. The quantitative estimate of drug-likeness (QED) is 0.571. The fraction of sp³-hybridized carbons (Fsp3) is 0.333. The summed E-state index contributed by atoms with van der Waals surface area (Å²) in [6.07, 6.45) is 3.53. The number of hydrogen-bond acceptors (Lipinski definition) is 5. The first-order valence-electron chi connectivity index (χ1n) is 11.2. The molecular weight excluding hydrogens is 418 g/mol. The van der Waals surface area contributed by atoms with E-state index in [4.69, 9.17) is 10.8 Å². The molecule has 2 aliphatic heterocycles. The number of hydrogen-bond donors (Lipinski definition) is 3. The molecule has 2 aliphatic rings. The third kappa shape index (κ3) is 3.79. The number of pyridine rings is 1. The molecule has 3 amide bonds. The van der Waals surface area contributed by atoms with Crippen molar-refractivity contribution in [2.45, 2.75) is 31.7 Å². The standard InChI is InChI=1S/C24H27N7O2/c1-2-26-23(33)30-10-8-24(15-30)9-11-31-20(24)13-19(29-31)16-12-18(21(25)27-14-16)22(32)28-17-6-4-3-5-7-17/h3-7,12-14H,2,8-11,15H2,1H3,(H2,25,27)(H,26,33)(H,28,32)/t24-/m1/s1. The minimum absolute atomic E-state index is 0.00984. The van der Waals surface area contributed by atoms with E-state index in [2.05, 4.69) is 21.7 Å². The lowest BCUT2D eigenvalue weighted by atomic mass is 9.82. The monoisotopic (exact) mass is 445 g/mol. The van der Waals surface area contributed by atoms with E-state index < -0.39 is 0 Å². The van der Waals surface area contributed by atoms with Gasteiger partial charge in [0.1, 0.15) is 5.82 Å². The fourth-order valence-corrected chi connectivity index (χ4v) is 4.84. The number of carbonyl (C=O) groups is 2. The molecule has 1 fully saturated rings. The summed E-state index contributed by atoms with van der Waals surface area (Å²) in [5.74, 6) is -0.145. The average molecular weight is 446 g/mol. The largest absolute Gasteiger partial charge is 0.383 e. The van der Waals surface area contributed by atoms with Crippen LogP contribution in [0.2, 0.25) is 0 Å². The average Bonchev–Trinajstić information content (AvgIpc) is 3.52. The van der Waals surface area contributed by atoms with Crippen LogP contribution in [0.4, 0.5) is 16.3 Å². The maximum absolute atomic E-state index is 12.8. The first kappa shape index (κ1) is 21.0. The molecular formula is C24H27N7O2. The maximum Gasteiger partial charge on any atom is 0.317 e. The number of nitrogens with two attached hydrogens (primary N) is 1. The molecule has 2 aromatic heterocycles. The number of nitrogen functional groups attached to an aromatic ring is 1. The minimum Gasteiger partial charge on any atom is -0.383 e. The fourth-order valence-electron chi connectivity index (χ4n) is 4.84. The maximum atomic E-state index is 12.8. The highest BCUT2D eigenvalue weighted by Crippen LogP contribution is 2.43. The van der Waals surface area contributed by atoms with Gasteiger partial charge in [-0.05, 0) is 44.0 Å². The lowest BCUT2D eigenvalue weighted by molar-refractivity contribution is 0.102. The summed E-state index contributed by atoms with van der Waals surface area (Å²) in [5, 5.41) is 10.5. The van der Waals surface area contributed by atoms with Crippen molar-refractivity contribution in [2.75, 3.05) is 30.7 Å². The van der Waals surface area contributed by atoms with Gasteiger partial charge in [-0.2, -0.15) is 5.10 Å². The van der Waals surface area contributed by atoms with Gasteiger partial charge in [-0.15, -0.1) is 0 Å². The number of amides is 3. The van der Waals surface area contributed by atoms with Crippen molar-refractivity contribution in [2.24, 2.45) is 0 Å². The van der Waals surface area contributed by atoms with E-state index in [0.717, 1.165) is 42.9 Å².